The van der Waals surface area contributed by atoms with Crippen LogP contribution in [-0.4, -0.2) is 49.6 Å². The molecule has 0 radical (unpaired) electrons. The number of benzene rings is 2. The van der Waals surface area contributed by atoms with Crippen LogP contribution < -0.4 is 15.3 Å². The molecule has 0 saturated carbocycles. The molecule has 0 bridgehead atoms. The van der Waals surface area contributed by atoms with E-state index in [0.717, 1.165) is 10.8 Å². The third kappa shape index (κ3) is 6.30. The molecule has 4 aromatic rings. The van der Waals surface area contributed by atoms with E-state index >= 15 is 0 Å². The van der Waals surface area contributed by atoms with Crippen LogP contribution in [0.2, 0.25) is 0 Å². The summed E-state index contributed by atoms with van der Waals surface area (Å²) in [6, 6.07) is 13.1. The van der Waals surface area contributed by atoms with Crippen LogP contribution in [0.5, 0.6) is 5.75 Å². The molecule has 2 aromatic carbocycles. The molecule has 2 atom stereocenters. The molecule has 0 aliphatic rings. The molecule has 12 heteroatoms. The number of aromatic nitrogens is 4. The van der Waals surface area contributed by atoms with Crippen LogP contribution in [0.1, 0.15) is 34.6 Å². The number of carbonyl (C=O) groups is 1. The average Bonchev–Trinajstić information content (AvgIpc) is 3.26. The van der Waals surface area contributed by atoms with Gasteiger partial charge in [-0.3, -0.25) is 9.36 Å². The fraction of sp³-hybridized carbons (Fsp3) is 0.385. The van der Waals surface area contributed by atoms with Crippen LogP contribution in [0.3, 0.4) is 0 Å². The van der Waals surface area contributed by atoms with E-state index < -0.39 is 25.1 Å². The number of nitrogen functional groups attached to an aromatic ring is 1. The van der Waals surface area contributed by atoms with Gasteiger partial charge < -0.3 is 24.3 Å². The van der Waals surface area contributed by atoms with Gasteiger partial charge in [0.1, 0.15) is 29.5 Å². The number of rotatable bonds is 11. The number of ether oxygens (including phenoxy) is 2. The number of nitrogens with one attached hydrogen (secondary N) is 1. The molecule has 0 fully saturated rings. The minimum absolute atomic E-state index is 0.287. The third-order valence-electron chi connectivity index (χ3n) is 5.71. The largest absolute Gasteiger partial charge is 0.462 e. The van der Waals surface area contributed by atoms with Gasteiger partial charge in [0.25, 0.3) is 0 Å². The molecule has 11 nitrogen and oxygen atoms in total. The molecule has 2 heterocycles. The molecule has 0 aliphatic heterocycles. The number of nitrogens with two attached hydrogens (primary N) is 1. The van der Waals surface area contributed by atoms with E-state index in [0.29, 0.717) is 23.5 Å². The highest BCUT2D eigenvalue weighted by Gasteiger charge is 2.40. The third-order valence-corrected chi connectivity index (χ3v) is 7.59. The Kier molecular flexibility index (Phi) is 8.01. The van der Waals surface area contributed by atoms with Crippen LogP contribution in [0.15, 0.2) is 55.1 Å². The second kappa shape index (κ2) is 11.1. The SMILES string of the molecule is CC(C)OC(=O)C(C)(C)N[P@](=O)(CO[C@H](C)Cn1cnc2c(N)ncnc21)Oc1cccc2ccccc12. The number of esters is 1. The topological polar surface area (TPSA) is 143 Å². The van der Waals surface area contributed by atoms with E-state index in [4.69, 9.17) is 19.7 Å². The van der Waals surface area contributed by atoms with Crippen LogP contribution in [0.4, 0.5) is 5.82 Å². The Morgan fingerprint density at radius 2 is 1.84 bits per heavy atom. The summed E-state index contributed by atoms with van der Waals surface area (Å²) >= 11 is 0. The first-order chi connectivity index (χ1) is 18.0. The lowest BCUT2D eigenvalue weighted by Gasteiger charge is -2.31. The zero-order valence-corrected chi connectivity index (χ0v) is 23.0. The molecule has 4 rings (SSSR count). The fourth-order valence-corrected chi connectivity index (χ4v) is 5.97. The summed E-state index contributed by atoms with van der Waals surface area (Å²) in [6.45, 7) is 8.90. The van der Waals surface area contributed by atoms with E-state index in [-0.39, 0.29) is 18.3 Å². The van der Waals surface area contributed by atoms with Gasteiger partial charge in [0, 0.05) is 5.39 Å². The van der Waals surface area contributed by atoms with E-state index in [1.807, 2.05) is 43.3 Å². The Bertz CT molecular complexity index is 1480. The monoisotopic (exact) mass is 540 g/mol. The second-order valence-corrected chi connectivity index (χ2v) is 11.9. The van der Waals surface area contributed by atoms with Crippen molar-refractivity contribution in [3.63, 3.8) is 0 Å². The van der Waals surface area contributed by atoms with Crippen molar-refractivity contribution < 1.29 is 23.4 Å². The molecular formula is C26H33N6O5P. The quantitative estimate of drug-likeness (QED) is 0.206. The van der Waals surface area contributed by atoms with Crippen LogP contribution in [0, 0.1) is 0 Å². The molecule has 3 N–H and O–H groups in total. The normalized spacial score (nSPS) is 14.5. The van der Waals surface area contributed by atoms with Crippen molar-refractivity contribution in [3.05, 3.63) is 55.1 Å². The molecule has 202 valence electrons. The highest BCUT2D eigenvalue weighted by Crippen LogP contribution is 2.47. The summed E-state index contributed by atoms with van der Waals surface area (Å²) in [5, 5.41) is 4.63. The van der Waals surface area contributed by atoms with Crippen molar-refractivity contribution in [1.82, 2.24) is 24.6 Å². The summed E-state index contributed by atoms with van der Waals surface area (Å²) in [6.07, 6.45) is 1.92. The molecular weight excluding hydrogens is 507 g/mol. The Balaban J connectivity index is 1.57. The van der Waals surface area contributed by atoms with E-state index in [1.165, 1.54) is 6.33 Å². The Labute approximate surface area is 221 Å². The predicted molar refractivity (Wildman–Crippen MR) is 146 cm³/mol. The second-order valence-electron chi connectivity index (χ2n) is 9.87. The lowest BCUT2D eigenvalue weighted by molar-refractivity contribution is -0.153. The predicted octanol–water partition coefficient (Wildman–Crippen LogP) is 4.52. The molecule has 0 spiro atoms. The average molecular weight is 541 g/mol. The lowest BCUT2D eigenvalue weighted by atomic mass is 10.1. The standard InChI is InChI=1S/C26H33N6O5P/c1-17(2)36-25(33)26(4,5)31-38(34,37-21-12-8-10-19-9-6-7-11-20(19)21)16-35-18(3)13-32-15-30-22-23(27)28-14-29-24(22)32/h6-12,14-15,17-18H,13,16H2,1-5H3,(H,31,34)(H2,27,28,29)/t18-,38+/m1/s1. The van der Waals surface area contributed by atoms with E-state index in [1.54, 1.807) is 44.7 Å². The Hall–Kier alpha value is -3.53. The highest BCUT2D eigenvalue weighted by atomic mass is 31.2. The van der Waals surface area contributed by atoms with Crippen molar-refractivity contribution in [2.24, 2.45) is 0 Å². The summed E-state index contributed by atoms with van der Waals surface area (Å²) in [4.78, 5) is 25.3. The van der Waals surface area contributed by atoms with Gasteiger partial charge in [-0.1, -0.05) is 36.4 Å². The molecule has 0 aliphatic carbocycles. The maximum absolute atomic E-state index is 14.3. The summed E-state index contributed by atoms with van der Waals surface area (Å²) in [5.41, 5.74) is 5.64. The molecule has 2 aromatic heterocycles. The number of carbonyl (C=O) groups excluding carboxylic acids is 1. The number of nitrogens with zero attached hydrogens (tertiary/aromatic N) is 4. The van der Waals surface area contributed by atoms with Gasteiger partial charge in [-0.25, -0.2) is 20.0 Å². The zero-order valence-electron chi connectivity index (χ0n) is 22.1. The van der Waals surface area contributed by atoms with Crippen LogP contribution in [0.25, 0.3) is 21.9 Å². The summed E-state index contributed by atoms with van der Waals surface area (Å²) in [5.74, 6) is 0.149. The van der Waals surface area contributed by atoms with Gasteiger partial charge in [-0.15, -0.1) is 0 Å². The number of anilines is 1. The van der Waals surface area contributed by atoms with Crippen molar-refractivity contribution in [2.45, 2.75) is 58.9 Å². The first kappa shape index (κ1) is 27.5. The molecule has 0 saturated heterocycles. The van der Waals surface area contributed by atoms with Crippen molar-refractivity contribution >= 4 is 41.2 Å². The van der Waals surface area contributed by atoms with Gasteiger partial charge in [0.15, 0.2) is 11.5 Å². The first-order valence-electron chi connectivity index (χ1n) is 12.3. The lowest BCUT2D eigenvalue weighted by Crippen LogP contribution is -2.48. The van der Waals surface area contributed by atoms with Crippen LogP contribution >= 0.6 is 7.52 Å². The molecule has 38 heavy (non-hydrogen) atoms. The number of hydrogen-bond acceptors (Lipinski definition) is 9. The minimum Gasteiger partial charge on any atom is -0.462 e. The van der Waals surface area contributed by atoms with E-state index in [9.17, 15) is 9.36 Å². The van der Waals surface area contributed by atoms with Crippen LogP contribution in [-0.2, 0) is 25.4 Å². The van der Waals surface area contributed by atoms with Crippen molar-refractivity contribution in [1.29, 1.82) is 0 Å². The van der Waals surface area contributed by atoms with Crippen molar-refractivity contribution in [2.75, 3.05) is 12.1 Å². The number of fused-ring (bicyclic) bond motifs is 2. The first-order valence-corrected chi connectivity index (χ1v) is 14.1. The highest BCUT2D eigenvalue weighted by molar-refractivity contribution is 7.57. The maximum Gasteiger partial charge on any atom is 0.342 e. The van der Waals surface area contributed by atoms with Gasteiger partial charge in [-0.05, 0) is 46.1 Å². The summed E-state index contributed by atoms with van der Waals surface area (Å²) in [7, 11) is -3.81. The fourth-order valence-electron chi connectivity index (χ4n) is 3.94. The minimum atomic E-state index is -3.81. The number of imidazole rings is 1. The maximum atomic E-state index is 14.3. The smallest absolute Gasteiger partial charge is 0.342 e. The Morgan fingerprint density at radius 3 is 2.61 bits per heavy atom. The van der Waals surface area contributed by atoms with E-state index in [2.05, 4.69) is 20.0 Å². The van der Waals surface area contributed by atoms with Crippen molar-refractivity contribution in [3.8, 4) is 5.75 Å². The molecule has 0 unspecified atom stereocenters. The zero-order chi connectivity index (χ0) is 27.5. The number of hydrogen-bond donors (Lipinski definition) is 2. The Morgan fingerprint density at radius 1 is 1.11 bits per heavy atom. The van der Waals surface area contributed by atoms with Gasteiger partial charge in [-0.2, -0.15) is 0 Å². The molecule has 0 amide bonds. The van der Waals surface area contributed by atoms with Gasteiger partial charge in [0.2, 0.25) is 0 Å². The van der Waals surface area contributed by atoms with Gasteiger partial charge in [0.05, 0.1) is 25.1 Å². The van der Waals surface area contributed by atoms with Gasteiger partial charge >= 0.3 is 13.5 Å². The summed E-state index contributed by atoms with van der Waals surface area (Å²) < 4.78 is 33.6.